The first-order valence-corrected chi connectivity index (χ1v) is 7.07. The van der Waals surface area contributed by atoms with E-state index in [9.17, 15) is 0 Å². The molecule has 3 N–H and O–H groups in total. The van der Waals surface area contributed by atoms with Crippen LogP contribution in [0.25, 0.3) is 0 Å². The largest absolute Gasteiger partial charge is 0.400 e. The molecule has 1 aromatic carbocycles. The molecule has 0 saturated carbocycles. The molecule has 0 amide bonds. The van der Waals surface area contributed by atoms with E-state index < -0.39 is 0 Å². The van der Waals surface area contributed by atoms with E-state index in [1.165, 1.54) is 5.56 Å². The zero-order valence-electron chi connectivity index (χ0n) is 10.8. The van der Waals surface area contributed by atoms with Gasteiger partial charge in [0.2, 0.25) is 0 Å². The number of fused-ring (bicyclic) bond motifs is 2. The van der Waals surface area contributed by atoms with E-state index in [0.717, 1.165) is 37.1 Å². The van der Waals surface area contributed by atoms with Gasteiger partial charge in [0, 0.05) is 23.9 Å². The van der Waals surface area contributed by atoms with E-state index in [2.05, 4.69) is 29.2 Å². The number of hydrogen-bond donors (Lipinski definition) is 2. The summed E-state index contributed by atoms with van der Waals surface area (Å²) in [5, 5.41) is 7.74. The van der Waals surface area contributed by atoms with Crippen LogP contribution in [0.1, 0.15) is 24.8 Å². The van der Waals surface area contributed by atoms with Gasteiger partial charge in [0.1, 0.15) is 5.17 Å². The zero-order valence-corrected chi connectivity index (χ0v) is 11.5. The van der Waals surface area contributed by atoms with E-state index >= 15 is 0 Å². The Balaban J connectivity index is 1.84. The lowest BCUT2D eigenvalue weighted by Crippen LogP contribution is -2.43. The van der Waals surface area contributed by atoms with Crippen LogP contribution < -0.4 is 5.73 Å². The van der Waals surface area contributed by atoms with Gasteiger partial charge in [0.05, 0.1) is 6.04 Å². The number of nitrogens with two attached hydrogens (primary N) is 1. The van der Waals surface area contributed by atoms with Crippen molar-refractivity contribution in [1.29, 1.82) is 5.41 Å². The maximum atomic E-state index is 7.62. The highest BCUT2D eigenvalue weighted by Gasteiger charge is 2.40. The predicted octanol–water partition coefficient (Wildman–Crippen LogP) is 2.85. The summed E-state index contributed by atoms with van der Waals surface area (Å²) in [6, 6.07) is 11.2. The summed E-state index contributed by atoms with van der Waals surface area (Å²) in [6.07, 6.45) is 3.04. The smallest absolute Gasteiger partial charge is 0.125 e. The summed E-state index contributed by atoms with van der Waals surface area (Å²) < 4.78 is 0. The monoisotopic (exact) mass is 275 g/mol. The van der Waals surface area contributed by atoms with E-state index in [1.807, 2.05) is 6.07 Å². The molecule has 2 aliphatic heterocycles. The molecule has 1 fully saturated rings. The lowest BCUT2D eigenvalue weighted by Gasteiger charge is -2.36. The molecule has 2 bridgehead atoms. The maximum absolute atomic E-state index is 7.62. The average molecular weight is 276 g/mol. The van der Waals surface area contributed by atoms with Crippen LogP contribution in [0.3, 0.4) is 0 Å². The topological polar surface area (TPSA) is 53.1 Å². The van der Waals surface area contributed by atoms with Gasteiger partial charge in [-0.15, -0.1) is 0 Å². The van der Waals surface area contributed by atoms with Crippen molar-refractivity contribution in [2.75, 3.05) is 0 Å². The van der Waals surface area contributed by atoms with Crippen molar-refractivity contribution in [2.24, 2.45) is 5.73 Å². The van der Waals surface area contributed by atoms with Crippen LogP contribution in [0.15, 0.2) is 41.6 Å². The number of rotatable bonds is 3. The normalized spacial score (nSPS) is 26.8. The Kier molecular flexibility index (Phi) is 3.33. The first-order chi connectivity index (χ1) is 9.16. The summed E-state index contributed by atoms with van der Waals surface area (Å²) in [5.41, 5.74) is 9.20. The van der Waals surface area contributed by atoms with Crippen LogP contribution >= 0.6 is 11.6 Å². The molecule has 1 aromatic rings. The minimum Gasteiger partial charge on any atom is -0.400 e. The second-order valence-corrected chi connectivity index (χ2v) is 5.73. The van der Waals surface area contributed by atoms with Crippen LogP contribution in [-0.2, 0) is 6.54 Å². The summed E-state index contributed by atoms with van der Waals surface area (Å²) in [4.78, 5) is 2.47. The van der Waals surface area contributed by atoms with Crippen molar-refractivity contribution in [2.45, 2.75) is 37.9 Å². The van der Waals surface area contributed by atoms with Gasteiger partial charge in [-0.1, -0.05) is 41.9 Å². The Bertz CT molecular complexity index is 523. The van der Waals surface area contributed by atoms with Gasteiger partial charge < -0.3 is 5.73 Å². The summed E-state index contributed by atoms with van der Waals surface area (Å²) in [5.74, 6) is 0. The summed E-state index contributed by atoms with van der Waals surface area (Å²) in [7, 11) is 0. The van der Waals surface area contributed by atoms with Crippen molar-refractivity contribution in [3.8, 4) is 0 Å². The highest BCUT2D eigenvalue weighted by molar-refractivity contribution is 6.68. The van der Waals surface area contributed by atoms with Gasteiger partial charge in [-0.25, -0.2) is 0 Å². The minimum atomic E-state index is 0.119. The van der Waals surface area contributed by atoms with Gasteiger partial charge in [-0.2, -0.15) is 0 Å². The Hall–Kier alpha value is -1.32. The Morgan fingerprint density at radius 1 is 1.32 bits per heavy atom. The molecule has 3 nitrogen and oxygen atoms in total. The van der Waals surface area contributed by atoms with Crippen molar-refractivity contribution >= 4 is 16.8 Å². The standard InChI is InChI=1S/C15H18ClN3/c16-15(18)12-8-11-6-7-13(14(12)17)19(11)9-10-4-2-1-3-5-10/h1-5,11,13,18H,6-9,17H2/t11-,13+/m0/s1. The molecule has 0 spiro atoms. The van der Waals surface area contributed by atoms with E-state index in [1.54, 1.807) is 0 Å². The van der Waals surface area contributed by atoms with Gasteiger partial charge >= 0.3 is 0 Å². The molecule has 2 atom stereocenters. The molecule has 0 aromatic heterocycles. The molecular formula is C15H18ClN3. The SMILES string of the molecule is N=C(Cl)C1=C(N)[C@H]2CC[C@@H](C1)N2Cc1ccccc1. The molecule has 0 aliphatic carbocycles. The molecule has 2 aliphatic rings. The minimum absolute atomic E-state index is 0.119. The second kappa shape index (κ2) is 4.99. The van der Waals surface area contributed by atoms with Crippen LogP contribution in [0.5, 0.6) is 0 Å². The van der Waals surface area contributed by atoms with Gasteiger partial charge in [0.25, 0.3) is 0 Å². The highest BCUT2D eigenvalue weighted by atomic mass is 35.5. The molecule has 19 heavy (non-hydrogen) atoms. The average Bonchev–Trinajstić information content (AvgIpc) is 2.69. The molecule has 1 saturated heterocycles. The fourth-order valence-electron chi connectivity index (χ4n) is 3.29. The molecule has 0 radical (unpaired) electrons. The first kappa shape index (κ1) is 12.7. The molecule has 3 rings (SSSR count). The number of hydrogen-bond acceptors (Lipinski definition) is 3. The third-order valence-electron chi connectivity index (χ3n) is 4.26. The third kappa shape index (κ3) is 2.28. The van der Waals surface area contributed by atoms with E-state index in [0.29, 0.717) is 6.04 Å². The number of halogens is 1. The van der Waals surface area contributed by atoms with E-state index in [4.69, 9.17) is 22.7 Å². The first-order valence-electron chi connectivity index (χ1n) is 6.69. The highest BCUT2D eigenvalue weighted by Crippen LogP contribution is 2.38. The lowest BCUT2D eigenvalue weighted by molar-refractivity contribution is 0.188. The van der Waals surface area contributed by atoms with Gasteiger partial charge in [-0.3, -0.25) is 10.3 Å². The van der Waals surface area contributed by atoms with Crippen molar-refractivity contribution < 1.29 is 0 Å². The summed E-state index contributed by atoms with van der Waals surface area (Å²) in [6.45, 7) is 0.930. The van der Waals surface area contributed by atoms with Crippen LogP contribution in [0, 0.1) is 5.41 Å². The fourth-order valence-corrected chi connectivity index (χ4v) is 3.48. The van der Waals surface area contributed by atoms with Crippen molar-refractivity contribution in [3.63, 3.8) is 0 Å². The molecule has 0 unspecified atom stereocenters. The molecule has 100 valence electrons. The lowest BCUT2D eigenvalue weighted by atomic mass is 9.98. The van der Waals surface area contributed by atoms with Crippen LogP contribution in [0.4, 0.5) is 0 Å². The van der Waals surface area contributed by atoms with Gasteiger partial charge in [0.15, 0.2) is 0 Å². The molecule has 4 heteroatoms. The maximum Gasteiger partial charge on any atom is 0.125 e. The number of nitrogens with zero attached hydrogens (tertiary/aromatic N) is 1. The Morgan fingerprint density at radius 2 is 2.05 bits per heavy atom. The fraction of sp³-hybridized carbons (Fsp3) is 0.400. The number of benzene rings is 1. The Morgan fingerprint density at radius 3 is 2.74 bits per heavy atom. The summed E-state index contributed by atoms with van der Waals surface area (Å²) >= 11 is 5.84. The van der Waals surface area contributed by atoms with Crippen LogP contribution in [0.2, 0.25) is 0 Å². The van der Waals surface area contributed by atoms with Crippen molar-refractivity contribution in [1.82, 2.24) is 4.90 Å². The third-order valence-corrected chi connectivity index (χ3v) is 4.49. The van der Waals surface area contributed by atoms with E-state index in [-0.39, 0.29) is 11.2 Å². The molecule has 2 heterocycles. The second-order valence-electron chi connectivity index (χ2n) is 5.36. The molecular weight excluding hydrogens is 258 g/mol. The van der Waals surface area contributed by atoms with Crippen LogP contribution in [-0.4, -0.2) is 22.2 Å². The van der Waals surface area contributed by atoms with Crippen molar-refractivity contribution in [3.05, 3.63) is 47.2 Å². The van der Waals surface area contributed by atoms with Gasteiger partial charge in [-0.05, 0) is 24.8 Å². The quantitative estimate of drug-likeness (QED) is 0.834. The number of nitrogens with one attached hydrogen (secondary N) is 1. The zero-order chi connectivity index (χ0) is 13.4. The Labute approximate surface area is 118 Å². The predicted molar refractivity (Wildman–Crippen MR) is 78.2 cm³/mol.